The Morgan fingerprint density at radius 3 is 2.94 bits per heavy atom. The highest BCUT2D eigenvalue weighted by molar-refractivity contribution is 9.10. The van der Waals surface area contributed by atoms with Crippen LogP contribution in [0.3, 0.4) is 0 Å². The summed E-state index contributed by atoms with van der Waals surface area (Å²) < 4.78 is 0.970. The van der Waals surface area contributed by atoms with Crippen molar-refractivity contribution in [1.82, 2.24) is 4.98 Å². The third-order valence-corrected chi connectivity index (χ3v) is 3.93. The van der Waals surface area contributed by atoms with Gasteiger partial charge in [0.05, 0.1) is 15.7 Å². The highest BCUT2D eigenvalue weighted by Crippen LogP contribution is 2.31. The van der Waals surface area contributed by atoms with Crippen LogP contribution in [0.5, 0.6) is 0 Å². The fraction of sp³-hybridized carbons (Fsp3) is 0.250. The number of rotatable bonds is 3. The second-order valence-corrected chi connectivity index (χ2v) is 6.20. The zero-order chi connectivity index (χ0) is 12.4. The Balaban J connectivity index is 2.30. The Labute approximate surface area is 118 Å². The molecule has 90 valence electrons. The first-order valence-electron chi connectivity index (χ1n) is 5.21. The molecule has 1 aromatic heterocycles. The van der Waals surface area contributed by atoms with E-state index in [2.05, 4.69) is 20.9 Å². The number of hydrogen-bond acceptors (Lipinski definition) is 3. The van der Waals surface area contributed by atoms with E-state index in [1.54, 1.807) is 11.3 Å². The van der Waals surface area contributed by atoms with Gasteiger partial charge in [-0.1, -0.05) is 33.6 Å². The minimum Gasteiger partial charge on any atom is -0.328 e. The van der Waals surface area contributed by atoms with Crippen molar-refractivity contribution >= 4 is 38.9 Å². The summed E-state index contributed by atoms with van der Waals surface area (Å²) in [6.45, 7) is 1.98. The van der Waals surface area contributed by atoms with Crippen molar-refractivity contribution in [3.63, 3.8) is 0 Å². The van der Waals surface area contributed by atoms with E-state index in [1.165, 1.54) is 0 Å². The second kappa shape index (κ2) is 5.48. The maximum atomic E-state index is 6.19. The maximum absolute atomic E-state index is 6.19. The fourth-order valence-corrected chi connectivity index (χ4v) is 3.21. The van der Waals surface area contributed by atoms with Crippen molar-refractivity contribution in [3.8, 4) is 11.3 Å². The van der Waals surface area contributed by atoms with E-state index in [0.29, 0.717) is 5.02 Å². The topological polar surface area (TPSA) is 38.9 Å². The molecule has 0 aliphatic carbocycles. The van der Waals surface area contributed by atoms with E-state index < -0.39 is 0 Å². The Hall–Kier alpha value is -0.420. The Morgan fingerprint density at radius 1 is 1.53 bits per heavy atom. The predicted molar refractivity (Wildman–Crippen MR) is 77.6 cm³/mol. The molecule has 2 rings (SSSR count). The normalized spacial score (nSPS) is 12.7. The summed E-state index contributed by atoms with van der Waals surface area (Å²) in [6, 6.07) is 5.94. The SMILES string of the molecule is CC(N)Cc1nc(-c2ccc(Br)cc2Cl)cs1. The van der Waals surface area contributed by atoms with Crippen LogP contribution in [0.2, 0.25) is 5.02 Å². The van der Waals surface area contributed by atoms with Crippen molar-refractivity contribution in [2.45, 2.75) is 19.4 Å². The van der Waals surface area contributed by atoms with Crippen LogP contribution < -0.4 is 5.73 Å². The summed E-state index contributed by atoms with van der Waals surface area (Å²) >= 11 is 11.2. The van der Waals surface area contributed by atoms with E-state index in [1.807, 2.05) is 30.5 Å². The van der Waals surface area contributed by atoms with Gasteiger partial charge in [0.2, 0.25) is 0 Å². The third-order valence-electron chi connectivity index (χ3n) is 2.26. The fourth-order valence-electron chi connectivity index (χ4n) is 1.50. The van der Waals surface area contributed by atoms with Gasteiger partial charge in [-0.15, -0.1) is 11.3 Å². The molecule has 0 aliphatic rings. The van der Waals surface area contributed by atoms with Gasteiger partial charge in [-0.25, -0.2) is 4.98 Å². The van der Waals surface area contributed by atoms with Gasteiger partial charge in [-0.05, 0) is 19.1 Å². The van der Waals surface area contributed by atoms with E-state index in [4.69, 9.17) is 17.3 Å². The average molecular weight is 332 g/mol. The molecule has 2 aromatic rings. The zero-order valence-electron chi connectivity index (χ0n) is 9.28. The van der Waals surface area contributed by atoms with Crippen molar-refractivity contribution < 1.29 is 0 Å². The summed E-state index contributed by atoms with van der Waals surface area (Å²) in [6.07, 6.45) is 0.804. The summed E-state index contributed by atoms with van der Waals surface area (Å²) in [4.78, 5) is 4.55. The van der Waals surface area contributed by atoms with Crippen LogP contribution in [0.25, 0.3) is 11.3 Å². The number of nitrogens with zero attached hydrogens (tertiary/aromatic N) is 1. The standard InChI is InChI=1S/C12H12BrClN2S/c1-7(15)4-12-16-11(6-17-12)9-3-2-8(13)5-10(9)14/h2-3,5-7H,4,15H2,1H3. The van der Waals surface area contributed by atoms with E-state index in [0.717, 1.165) is 27.2 Å². The quantitative estimate of drug-likeness (QED) is 0.919. The Bertz CT molecular complexity index is 525. The van der Waals surface area contributed by atoms with E-state index >= 15 is 0 Å². The monoisotopic (exact) mass is 330 g/mol. The Kier molecular flexibility index (Phi) is 4.20. The van der Waals surface area contributed by atoms with Crippen LogP contribution in [0, 0.1) is 0 Å². The van der Waals surface area contributed by atoms with Crippen molar-refractivity contribution in [1.29, 1.82) is 0 Å². The molecule has 0 aliphatic heterocycles. The van der Waals surface area contributed by atoms with E-state index in [-0.39, 0.29) is 6.04 Å². The molecule has 1 unspecified atom stereocenters. The average Bonchev–Trinajstić information content (AvgIpc) is 2.65. The first-order valence-corrected chi connectivity index (χ1v) is 7.26. The molecule has 17 heavy (non-hydrogen) atoms. The predicted octanol–water partition coefficient (Wildman–Crippen LogP) is 4.12. The van der Waals surface area contributed by atoms with Crippen molar-refractivity contribution in [3.05, 3.63) is 38.1 Å². The van der Waals surface area contributed by atoms with Gasteiger partial charge in [-0.3, -0.25) is 0 Å². The summed E-state index contributed by atoms with van der Waals surface area (Å²) in [7, 11) is 0. The van der Waals surface area contributed by atoms with Crippen LogP contribution in [-0.2, 0) is 6.42 Å². The second-order valence-electron chi connectivity index (χ2n) is 3.93. The molecular formula is C12H12BrClN2S. The molecular weight excluding hydrogens is 320 g/mol. The molecule has 1 aromatic carbocycles. The lowest BCUT2D eigenvalue weighted by molar-refractivity contribution is 0.734. The maximum Gasteiger partial charge on any atom is 0.0947 e. The number of benzene rings is 1. The number of thiazole rings is 1. The smallest absolute Gasteiger partial charge is 0.0947 e. The molecule has 0 amide bonds. The van der Waals surface area contributed by atoms with Gasteiger partial charge in [0, 0.05) is 27.9 Å². The molecule has 0 bridgehead atoms. The van der Waals surface area contributed by atoms with Gasteiger partial charge in [0.1, 0.15) is 0 Å². The van der Waals surface area contributed by atoms with Crippen LogP contribution >= 0.6 is 38.9 Å². The summed E-state index contributed by atoms with van der Waals surface area (Å²) in [5.41, 5.74) is 7.64. The molecule has 2 N–H and O–H groups in total. The lowest BCUT2D eigenvalue weighted by Crippen LogP contribution is -2.17. The molecule has 1 atom stereocenters. The van der Waals surface area contributed by atoms with Crippen LogP contribution in [0.4, 0.5) is 0 Å². The molecule has 0 spiro atoms. The number of aromatic nitrogens is 1. The largest absolute Gasteiger partial charge is 0.328 e. The highest BCUT2D eigenvalue weighted by Gasteiger charge is 2.09. The minimum absolute atomic E-state index is 0.134. The van der Waals surface area contributed by atoms with Gasteiger partial charge in [0.15, 0.2) is 0 Å². The molecule has 5 heteroatoms. The number of halogens is 2. The van der Waals surface area contributed by atoms with Crippen molar-refractivity contribution in [2.24, 2.45) is 5.73 Å². The molecule has 0 radical (unpaired) electrons. The summed E-state index contributed by atoms with van der Waals surface area (Å²) in [5, 5.41) is 3.78. The lowest BCUT2D eigenvalue weighted by Gasteiger charge is -2.02. The first kappa shape index (κ1) is 13.0. The zero-order valence-corrected chi connectivity index (χ0v) is 12.4. The van der Waals surface area contributed by atoms with Crippen LogP contribution in [0.15, 0.2) is 28.1 Å². The molecule has 2 nitrogen and oxygen atoms in total. The molecule has 0 saturated heterocycles. The first-order chi connectivity index (χ1) is 8.06. The van der Waals surface area contributed by atoms with Gasteiger partial charge in [-0.2, -0.15) is 0 Å². The molecule has 0 fully saturated rings. The van der Waals surface area contributed by atoms with Gasteiger partial charge < -0.3 is 5.73 Å². The minimum atomic E-state index is 0.134. The highest BCUT2D eigenvalue weighted by atomic mass is 79.9. The Morgan fingerprint density at radius 2 is 2.29 bits per heavy atom. The molecule has 1 heterocycles. The molecule has 0 saturated carbocycles. The van der Waals surface area contributed by atoms with E-state index in [9.17, 15) is 0 Å². The number of hydrogen-bond donors (Lipinski definition) is 1. The van der Waals surface area contributed by atoms with Crippen LogP contribution in [0.1, 0.15) is 11.9 Å². The lowest BCUT2D eigenvalue weighted by atomic mass is 10.2. The van der Waals surface area contributed by atoms with Gasteiger partial charge in [0.25, 0.3) is 0 Å². The number of nitrogens with two attached hydrogens (primary N) is 1. The van der Waals surface area contributed by atoms with Gasteiger partial charge >= 0.3 is 0 Å². The summed E-state index contributed by atoms with van der Waals surface area (Å²) in [5.74, 6) is 0. The van der Waals surface area contributed by atoms with Crippen molar-refractivity contribution in [2.75, 3.05) is 0 Å². The third kappa shape index (κ3) is 3.28. The van der Waals surface area contributed by atoms with Crippen LogP contribution in [-0.4, -0.2) is 11.0 Å².